The van der Waals surface area contributed by atoms with E-state index < -0.39 is 0 Å². The summed E-state index contributed by atoms with van der Waals surface area (Å²) < 4.78 is 6.73. The first kappa shape index (κ1) is 17.6. The van der Waals surface area contributed by atoms with Crippen molar-refractivity contribution in [3.63, 3.8) is 0 Å². The number of benzene rings is 1. The van der Waals surface area contributed by atoms with Crippen molar-refractivity contribution in [3.05, 3.63) is 27.1 Å². The van der Waals surface area contributed by atoms with Crippen LogP contribution in [0.25, 0.3) is 0 Å². The molecule has 0 spiro atoms. The van der Waals surface area contributed by atoms with Gasteiger partial charge in [-0.05, 0) is 34.1 Å². The molecule has 1 rings (SSSR count). The molecule has 7 heteroatoms. The third kappa shape index (κ3) is 6.32. The number of aliphatic hydroxyl groups excluding tert-OH is 1. The van der Waals surface area contributed by atoms with Crippen LogP contribution in [0.15, 0.2) is 27.1 Å². The van der Waals surface area contributed by atoms with Crippen LogP contribution < -0.4 is 5.32 Å². The topological polar surface area (TPSA) is 61.8 Å². The molecular weight excluding hydrogens is 392 g/mol. The average molecular weight is 410 g/mol. The Kier molecular flexibility index (Phi) is 8.32. The van der Waals surface area contributed by atoms with E-state index in [1.54, 1.807) is 7.11 Å². The lowest BCUT2D eigenvalue weighted by molar-refractivity contribution is -0.117. The van der Waals surface area contributed by atoms with Gasteiger partial charge in [-0.15, -0.1) is 0 Å². The monoisotopic (exact) mass is 408 g/mol. The summed E-state index contributed by atoms with van der Waals surface area (Å²) in [6.07, 6.45) is 0. The predicted octanol–water partition coefficient (Wildman–Crippen LogP) is 2.09. The maximum atomic E-state index is 12.0. The summed E-state index contributed by atoms with van der Waals surface area (Å²) in [7, 11) is 1.61. The second-order valence-electron chi connectivity index (χ2n) is 4.16. The van der Waals surface area contributed by atoms with E-state index in [1.807, 2.05) is 23.1 Å². The van der Waals surface area contributed by atoms with Gasteiger partial charge in [-0.1, -0.05) is 15.9 Å². The van der Waals surface area contributed by atoms with Crippen molar-refractivity contribution >= 4 is 43.5 Å². The third-order valence-electron chi connectivity index (χ3n) is 2.60. The van der Waals surface area contributed by atoms with Crippen molar-refractivity contribution in [2.45, 2.75) is 0 Å². The highest BCUT2D eigenvalue weighted by Gasteiger charge is 2.11. The van der Waals surface area contributed by atoms with E-state index in [0.29, 0.717) is 25.4 Å². The van der Waals surface area contributed by atoms with E-state index in [4.69, 9.17) is 9.84 Å². The van der Waals surface area contributed by atoms with E-state index in [2.05, 4.69) is 37.2 Å². The fourth-order valence-corrected chi connectivity index (χ4v) is 2.76. The Morgan fingerprint density at radius 3 is 2.75 bits per heavy atom. The van der Waals surface area contributed by atoms with Crippen LogP contribution in [-0.2, 0) is 9.53 Å². The lowest BCUT2D eigenvalue weighted by atomic mass is 10.3. The van der Waals surface area contributed by atoms with Crippen molar-refractivity contribution in [1.29, 1.82) is 0 Å². The first-order valence-electron chi connectivity index (χ1n) is 6.14. The van der Waals surface area contributed by atoms with Crippen molar-refractivity contribution < 1.29 is 14.6 Å². The largest absolute Gasteiger partial charge is 0.395 e. The Morgan fingerprint density at radius 2 is 2.15 bits per heavy atom. The highest BCUT2D eigenvalue weighted by Crippen LogP contribution is 2.26. The maximum absolute atomic E-state index is 12.0. The first-order chi connectivity index (χ1) is 9.56. The zero-order valence-corrected chi connectivity index (χ0v) is 14.4. The Hall–Kier alpha value is -0.470. The molecule has 0 aliphatic heterocycles. The minimum Gasteiger partial charge on any atom is -0.395 e. The van der Waals surface area contributed by atoms with E-state index >= 15 is 0 Å². The first-order valence-corrected chi connectivity index (χ1v) is 7.72. The number of anilines is 1. The van der Waals surface area contributed by atoms with Crippen molar-refractivity contribution in [3.8, 4) is 0 Å². The fourth-order valence-electron chi connectivity index (χ4n) is 1.62. The number of carbonyl (C=O) groups is 1. The van der Waals surface area contributed by atoms with Gasteiger partial charge in [0, 0.05) is 29.1 Å². The molecule has 0 bridgehead atoms. The molecule has 1 aromatic rings. The Morgan fingerprint density at radius 1 is 1.40 bits per heavy atom. The molecule has 20 heavy (non-hydrogen) atoms. The number of nitrogens with zero attached hydrogens (tertiary/aromatic N) is 1. The molecule has 0 radical (unpaired) electrons. The zero-order valence-electron chi connectivity index (χ0n) is 11.2. The Balaban J connectivity index is 2.55. The van der Waals surface area contributed by atoms with Crippen LogP contribution >= 0.6 is 31.9 Å². The maximum Gasteiger partial charge on any atom is 0.238 e. The van der Waals surface area contributed by atoms with Gasteiger partial charge >= 0.3 is 0 Å². The summed E-state index contributed by atoms with van der Waals surface area (Å²) >= 11 is 6.76. The molecule has 0 heterocycles. The van der Waals surface area contributed by atoms with Crippen LogP contribution in [0.3, 0.4) is 0 Å². The average Bonchev–Trinajstić information content (AvgIpc) is 2.39. The molecule has 2 N–H and O–H groups in total. The Bertz CT molecular complexity index is 444. The molecule has 112 valence electrons. The summed E-state index contributed by atoms with van der Waals surface area (Å²) in [4.78, 5) is 13.8. The van der Waals surface area contributed by atoms with E-state index in [9.17, 15) is 4.79 Å². The highest BCUT2D eigenvalue weighted by atomic mass is 79.9. The number of hydrogen-bond acceptors (Lipinski definition) is 4. The van der Waals surface area contributed by atoms with Gasteiger partial charge in [0.2, 0.25) is 5.91 Å². The van der Waals surface area contributed by atoms with Crippen LogP contribution in [0, 0.1) is 0 Å². The molecule has 0 aliphatic rings. The van der Waals surface area contributed by atoms with E-state index in [-0.39, 0.29) is 19.1 Å². The number of carbonyl (C=O) groups excluding carboxylic acids is 1. The standard InChI is InChI=1S/C13H18Br2N2O3/c1-20-7-5-17(4-6-18)9-13(19)16-12-3-2-10(14)8-11(12)15/h2-3,8,18H,4-7,9H2,1H3,(H,16,19). The van der Waals surface area contributed by atoms with Gasteiger partial charge in [-0.2, -0.15) is 0 Å². The summed E-state index contributed by atoms with van der Waals surface area (Å²) in [5.74, 6) is -0.127. The zero-order chi connectivity index (χ0) is 15.0. The van der Waals surface area contributed by atoms with Crippen LogP contribution in [0.5, 0.6) is 0 Å². The van der Waals surface area contributed by atoms with Crippen LogP contribution in [0.4, 0.5) is 5.69 Å². The number of nitrogens with one attached hydrogen (secondary N) is 1. The summed E-state index contributed by atoms with van der Waals surface area (Å²) in [6, 6.07) is 5.54. The normalized spacial score (nSPS) is 10.8. The summed E-state index contributed by atoms with van der Waals surface area (Å²) in [5.41, 5.74) is 0.717. The summed E-state index contributed by atoms with van der Waals surface area (Å²) in [5, 5.41) is 11.8. The molecule has 0 aliphatic carbocycles. The Labute approximate surface area is 135 Å². The number of aliphatic hydroxyl groups is 1. The third-order valence-corrected chi connectivity index (χ3v) is 3.75. The number of amides is 1. The van der Waals surface area contributed by atoms with Crippen LogP contribution in [-0.4, -0.2) is 55.9 Å². The molecule has 0 aromatic heterocycles. The fraction of sp³-hybridized carbons (Fsp3) is 0.462. The molecule has 1 aromatic carbocycles. The van der Waals surface area contributed by atoms with Crippen molar-refractivity contribution in [2.24, 2.45) is 0 Å². The lowest BCUT2D eigenvalue weighted by Crippen LogP contribution is -2.37. The smallest absolute Gasteiger partial charge is 0.238 e. The van der Waals surface area contributed by atoms with Gasteiger partial charge in [-0.3, -0.25) is 9.69 Å². The molecule has 0 saturated carbocycles. The minimum atomic E-state index is -0.127. The van der Waals surface area contributed by atoms with E-state index in [0.717, 1.165) is 8.95 Å². The molecule has 0 fully saturated rings. The van der Waals surface area contributed by atoms with Crippen molar-refractivity contribution in [1.82, 2.24) is 4.90 Å². The molecular formula is C13H18Br2N2O3. The quantitative estimate of drug-likeness (QED) is 0.690. The number of ether oxygens (including phenoxy) is 1. The molecule has 1 amide bonds. The predicted molar refractivity (Wildman–Crippen MR) is 85.9 cm³/mol. The van der Waals surface area contributed by atoms with Gasteiger partial charge in [0.1, 0.15) is 0 Å². The highest BCUT2D eigenvalue weighted by molar-refractivity contribution is 9.11. The lowest BCUT2D eigenvalue weighted by Gasteiger charge is -2.20. The number of rotatable bonds is 8. The van der Waals surface area contributed by atoms with Gasteiger partial charge in [0.15, 0.2) is 0 Å². The van der Waals surface area contributed by atoms with Crippen molar-refractivity contribution in [2.75, 3.05) is 45.3 Å². The van der Waals surface area contributed by atoms with Gasteiger partial charge in [0.05, 0.1) is 25.4 Å². The van der Waals surface area contributed by atoms with Crippen LogP contribution in [0.1, 0.15) is 0 Å². The second kappa shape index (κ2) is 9.46. The molecule has 5 nitrogen and oxygen atoms in total. The van der Waals surface area contributed by atoms with Gasteiger partial charge in [0.25, 0.3) is 0 Å². The molecule has 0 unspecified atom stereocenters. The second-order valence-corrected chi connectivity index (χ2v) is 5.93. The minimum absolute atomic E-state index is 0.0129. The van der Waals surface area contributed by atoms with Gasteiger partial charge < -0.3 is 15.2 Å². The SMILES string of the molecule is COCCN(CCO)CC(=O)Nc1ccc(Br)cc1Br. The molecule has 0 atom stereocenters. The van der Waals surface area contributed by atoms with Crippen LogP contribution in [0.2, 0.25) is 0 Å². The number of methoxy groups -OCH3 is 1. The van der Waals surface area contributed by atoms with Gasteiger partial charge in [-0.25, -0.2) is 0 Å². The number of halogens is 2. The van der Waals surface area contributed by atoms with E-state index in [1.165, 1.54) is 0 Å². The number of hydrogen-bond donors (Lipinski definition) is 2. The summed E-state index contributed by atoms with van der Waals surface area (Å²) in [6.45, 7) is 1.80. The molecule has 0 saturated heterocycles.